The van der Waals surface area contributed by atoms with Gasteiger partial charge in [-0.3, -0.25) is 4.79 Å². The van der Waals surface area contributed by atoms with E-state index in [9.17, 15) is 4.79 Å². The fourth-order valence-corrected chi connectivity index (χ4v) is 2.26. The molecule has 1 aromatic carbocycles. The molecular weight excluding hydrogens is 290 g/mol. The molecule has 0 aliphatic carbocycles. The van der Waals surface area contributed by atoms with Crippen molar-refractivity contribution in [2.24, 2.45) is 0 Å². The van der Waals surface area contributed by atoms with Crippen LogP contribution >= 0.6 is 12.4 Å². The Morgan fingerprint density at radius 1 is 1.14 bits per heavy atom. The van der Waals surface area contributed by atoms with Gasteiger partial charge >= 0.3 is 0 Å². The number of nitrogens with one attached hydrogen (secondary N) is 1. The number of aromatic nitrogens is 3. The lowest BCUT2D eigenvalue weighted by Crippen LogP contribution is -2.34. The lowest BCUT2D eigenvalue weighted by Gasteiger charge is -2.18. The van der Waals surface area contributed by atoms with Gasteiger partial charge in [-0.15, -0.1) is 17.5 Å². The molecular formula is C14H18ClN5O. The van der Waals surface area contributed by atoms with Gasteiger partial charge in [0.05, 0.1) is 11.9 Å². The average molecular weight is 308 g/mol. The summed E-state index contributed by atoms with van der Waals surface area (Å²) in [6.45, 7) is 3.28. The molecule has 112 valence electrons. The van der Waals surface area contributed by atoms with Crippen LogP contribution in [-0.4, -0.2) is 52.0 Å². The van der Waals surface area contributed by atoms with Crippen molar-refractivity contribution in [2.75, 3.05) is 26.2 Å². The fraction of sp³-hybridized carbons (Fsp3) is 0.357. The second-order valence-electron chi connectivity index (χ2n) is 4.75. The quantitative estimate of drug-likeness (QED) is 0.903. The van der Waals surface area contributed by atoms with E-state index in [-0.39, 0.29) is 18.3 Å². The molecule has 0 radical (unpaired) electrons. The number of nitrogens with zero attached hydrogens (tertiary/aromatic N) is 4. The molecule has 1 aliphatic rings. The van der Waals surface area contributed by atoms with Crippen LogP contribution in [0.5, 0.6) is 0 Å². The van der Waals surface area contributed by atoms with Gasteiger partial charge in [0, 0.05) is 19.6 Å². The molecule has 2 aromatic rings. The number of carbonyl (C=O) groups is 1. The van der Waals surface area contributed by atoms with Crippen LogP contribution in [0.25, 0.3) is 5.69 Å². The van der Waals surface area contributed by atoms with Gasteiger partial charge in [0.15, 0.2) is 5.69 Å². The zero-order valence-electron chi connectivity index (χ0n) is 11.6. The van der Waals surface area contributed by atoms with E-state index in [2.05, 4.69) is 15.5 Å². The monoisotopic (exact) mass is 307 g/mol. The van der Waals surface area contributed by atoms with E-state index in [0.717, 1.165) is 38.3 Å². The minimum atomic E-state index is -0.0455. The Morgan fingerprint density at radius 3 is 2.76 bits per heavy atom. The first-order valence-electron chi connectivity index (χ1n) is 6.82. The van der Waals surface area contributed by atoms with E-state index in [1.54, 1.807) is 0 Å². The summed E-state index contributed by atoms with van der Waals surface area (Å²) in [5.74, 6) is -0.0455. The summed E-state index contributed by atoms with van der Waals surface area (Å²) >= 11 is 0. The van der Waals surface area contributed by atoms with Crippen LogP contribution in [0, 0.1) is 0 Å². The first kappa shape index (κ1) is 15.5. The molecule has 2 heterocycles. The SMILES string of the molecule is Cl.O=C(c1cnn(-c2ccccc2)n1)N1CCCNCC1. The Bertz CT molecular complexity index is 578. The van der Waals surface area contributed by atoms with Gasteiger partial charge in [-0.25, -0.2) is 0 Å². The van der Waals surface area contributed by atoms with E-state index >= 15 is 0 Å². The number of benzene rings is 1. The fourth-order valence-electron chi connectivity index (χ4n) is 2.26. The van der Waals surface area contributed by atoms with Crippen molar-refractivity contribution in [3.8, 4) is 5.69 Å². The Balaban J connectivity index is 0.00000161. The number of carbonyl (C=O) groups excluding carboxylic acids is 1. The van der Waals surface area contributed by atoms with Crippen molar-refractivity contribution in [2.45, 2.75) is 6.42 Å². The van der Waals surface area contributed by atoms with Crippen LogP contribution in [0.1, 0.15) is 16.9 Å². The molecule has 0 unspecified atom stereocenters. The molecule has 1 fully saturated rings. The summed E-state index contributed by atoms with van der Waals surface area (Å²) in [7, 11) is 0. The van der Waals surface area contributed by atoms with Crippen molar-refractivity contribution in [1.29, 1.82) is 0 Å². The molecule has 0 atom stereocenters. The first-order valence-corrected chi connectivity index (χ1v) is 6.82. The summed E-state index contributed by atoms with van der Waals surface area (Å²) in [6, 6.07) is 9.58. The van der Waals surface area contributed by atoms with Crippen LogP contribution in [0.15, 0.2) is 36.5 Å². The highest BCUT2D eigenvalue weighted by Crippen LogP contribution is 2.07. The number of halogens is 1. The van der Waals surface area contributed by atoms with E-state index in [1.165, 1.54) is 11.0 Å². The van der Waals surface area contributed by atoms with Crippen molar-refractivity contribution in [3.05, 3.63) is 42.2 Å². The van der Waals surface area contributed by atoms with Crippen molar-refractivity contribution < 1.29 is 4.79 Å². The molecule has 0 saturated carbocycles. The topological polar surface area (TPSA) is 63.1 Å². The van der Waals surface area contributed by atoms with E-state index in [1.807, 2.05) is 35.2 Å². The third kappa shape index (κ3) is 3.59. The van der Waals surface area contributed by atoms with E-state index in [4.69, 9.17) is 0 Å². The Hall–Kier alpha value is -1.92. The Morgan fingerprint density at radius 2 is 1.95 bits per heavy atom. The van der Waals surface area contributed by atoms with Crippen LogP contribution in [0.3, 0.4) is 0 Å². The van der Waals surface area contributed by atoms with Crippen LogP contribution < -0.4 is 5.32 Å². The van der Waals surface area contributed by atoms with Crippen molar-refractivity contribution >= 4 is 18.3 Å². The third-order valence-electron chi connectivity index (χ3n) is 3.33. The number of rotatable bonds is 2. The van der Waals surface area contributed by atoms with Gasteiger partial charge in [0.1, 0.15) is 0 Å². The summed E-state index contributed by atoms with van der Waals surface area (Å²) in [4.78, 5) is 15.7. The minimum absolute atomic E-state index is 0. The highest BCUT2D eigenvalue weighted by atomic mass is 35.5. The maximum absolute atomic E-state index is 12.4. The van der Waals surface area contributed by atoms with Crippen molar-refractivity contribution in [3.63, 3.8) is 0 Å². The highest BCUT2D eigenvalue weighted by Gasteiger charge is 2.20. The number of hydrogen-bond donors (Lipinski definition) is 1. The van der Waals surface area contributed by atoms with Crippen molar-refractivity contribution in [1.82, 2.24) is 25.2 Å². The summed E-state index contributed by atoms with van der Waals surface area (Å²) in [5.41, 5.74) is 1.25. The molecule has 1 N–H and O–H groups in total. The molecule has 21 heavy (non-hydrogen) atoms. The molecule has 0 spiro atoms. The highest BCUT2D eigenvalue weighted by molar-refractivity contribution is 5.92. The predicted molar refractivity (Wildman–Crippen MR) is 82.0 cm³/mol. The second kappa shape index (κ2) is 7.19. The predicted octanol–water partition coefficient (Wildman–Crippen LogP) is 1.12. The summed E-state index contributed by atoms with van der Waals surface area (Å²) < 4.78 is 0. The maximum atomic E-state index is 12.4. The number of para-hydroxylation sites is 1. The van der Waals surface area contributed by atoms with Gasteiger partial charge in [-0.1, -0.05) is 18.2 Å². The summed E-state index contributed by atoms with van der Waals surface area (Å²) in [5, 5.41) is 11.7. The molecule has 7 heteroatoms. The number of hydrogen-bond acceptors (Lipinski definition) is 4. The smallest absolute Gasteiger partial charge is 0.276 e. The molecule has 3 rings (SSSR count). The molecule has 1 amide bonds. The molecule has 1 aliphatic heterocycles. The standard InChI is InChI=1S/C14H17N5O.ClH/c20-14(18-9-4-7-15-8-10-18)13-11-16-19(17-13)12-5-2-1-3-6-12;/h1-3,5-6,11,15H,4,7-10H2;1H. The van der Waals surface area contributed by atoms with Gasteiger partial charge in [0.2, 0.25) is 0 Å². The second-order valence-corrected chi connectivity index (χ2v) is 4.75. The van der Waals surface area contributed by atoms with Crippen LogP contribution in [0.4, 0.5) is 0 Å². The lowest BCUT2D eigenvalue weighted by molar-refractivity contribution is 0.0760. The maximum Gasteiger partial charge on any atom is 0.276 e. The zero-order chi connectivity index (χ0) is 13.8. The van der Waals surface area contributed by atoms with Crippen LogP contribution in [0.2, 0.25) is 0 Å². The van der Waals surface area contributed by atoms with Gasteiger partial charge in [-0.2, -0.15) is 9.90 Å². The number of amides is 1. The zero-order valence-corrected chi connectivity index (χ0v) is 12.4. The summed E-state index contributed by atoms with van der Waals surface area (Å²) in [6.07, 6.45) is 2.51. The molecule has 0 bridgehead atoms. The lowest BCUT2D eigenvalue weighted by atomic mass is 10.3. The molecule has 1 saturated heterocycles. The first-order chi connectivity index (χ1) is 9.84. The Kier molecular flexibility index (Phi) is 5.30. The normalized spacial score (nSPS) is 15.1. The minimum Gasteiger partial charge on any atom is -0.336 e. The molecule has 6 nitrogen and oxygen atoms in total. The van der Waals surface area contributed by atoms with Gasteiger partial charge < -0.3 is 10.2 Å². The largest absolute Gasteiger partial charge is 0.336 e. The third-order valence-corrected chi connectivity index (χ3v) is 3.33. The average Bonchev–Trinajstić information content (AvgIpc) is 2.83. The molecule has 1 aromatic heterocycles. The van der Waals surface area contributed by atoms with E-state index < -0.39 is 0 Å². The van der Waals surface area contributed by atoms with Gasteiger partial charge in [0.25, 0.3) is 5.91 Å². The van der Waals surface area contributed by atoms with E-state index in [0.29, 0.717) is 5.69 Å². The Labute approximate surface area is 129 Å². The van der Waals surface area contributed by atoms with Gasteiger partial charge in [-0.05, 0) is 25.1 Å². The van der Waals surface area contributed by atoms with Crippen LogP contribution in [-0.2, 0) is 0 Å².